The fourth-order valence-electron chi connectivity index (χ4n) is 1.13. The minimum absolute atomic E-state index is 0.170. The average molecular weight is 185 g/mol. The first-order valence-corrected chi connectivity index (χ1v) is 4.44. The molecule has 5 nitrogen and oxygen atoms in total. The number of aliphatic hydroxyl groups is 1. The monoisotopic (exact) mass is 185 g/mol. The molecule has 13 heavy (non-hydrogen) atoms. The van der Waals surface area contributed by atoms with Crippen molar-refractivity contribution >= 4 is 0 Å². The van der Waals surface area contributed by atoms with Crippen LogP contribution in [-0.4, -0.2) is 26.5 Å². The maximum atomic E-state index is 11.0. The van der Waals surface area contributed by atoms with Crippen LogP contribution in [0, 0.1) is 5.92 Å². The summed E-state index contributed by atoms with van der Waals surface area (Å²) in [6.45, 7) is 2.86. The molecule has 5 heteroatoms. The van der Waals surface area contributed by atoms with Crippen LogP contribution < -0.4 is 5.69 Å². The summed E-state index contributed by atoms with van der Waals surface area (Å²) in [6, 6.07) is 0. The lowest BCUT2D eigenvalue weighted by molar-refractivity contribution is 0.226. The Balaban J connectivity index is 2.28. The van der Waals surface area contributed by atoms with E-state index < -0.39 is 0 Å². The van der Waals surface area contributed by atoms with Crippen molar-refractivity contribution in [1.29, 1.82) is 0 Å². The molecular formula is C8H15N3O2. The van der Waals surface area contributed by atoms with E-state index in [1.807, 2.05) is 6.92 Å². The Hall–Kier alpha value is -1.10. The lowest BCUT2D eigenvalue weighted by Crippen LogP contribution is -2.16. The molecule has 0 saturated carbocycles. The van der Waals surface area contributed by atoms with Crippen LogP contribution in [0.3, 0.4) is 0 Å². The predicted molar refractivity (Wildman–Crippen MR) is 48.3 cm³/mol. The third-order valence-electron chi connectivity index (χ3n) is 2.03. The number of aryl methyl sites for hydroxylation is 1. The maximum Gasteiger partial charge on any atom is 0.343 e. The van der Waals surface area contributed by atoms with E-state index in [2.05, 4.69) is 10.2 Å². The third kappa shape index (κ3) is 3.02. The molecule has 1 atom stereocenters. The Morgan fingerprint density at radius 1 is 1.77 bits per heavy atom. The Morgan fingerprint density at radius 2 is 2.54 bits per heavy atom. The van der Waals surface area contributed by atoms with Gasteiger partial charge in [-0.2, -0.15) is 5.10 Å². The van der Waals surface area contributed by atoms with Crippen LogP contribution in [0.5, 0.6) is 0 Å². The second-order valence-corrected chi connectivity index (χ2v) is 3.28. The number of hydrogen-bond acceptors (Lipinski definition) is 3. The van der Waals surface area contributed by atoms with Gasteiger partial charge in [0.25, 0.3) is 0 Å². The van der Waals surface area contributed by atoms with Crippen molar-refractivity contribution < 1.29 is 5.11 Å². The number of aromatic amines is 1. The normalized spacial score (nSPS) is 13.1. The largest absolute Gasteiger partial charge is 0.396 e. The third-order valence-corrected chi connectivity index (χ3v) is 2.03. The van der Waals surface area contributed by atoms with E-state index in [0.717, 1.165) is 12.8 Å². The average Bonchev–Trinajstić information content (AvgIpc) is 2.52. The summed E-state index contributed by atoms with van der Waals surface area (Å²) < 4.78 is 1.53. The Bertz CT molecular complexity index is 292. The summed E-state index contributed by atoms with van der Waals surface area (Å²) in [6.07, 6.45) is 3.31. The van der Waals surface area contributed by atoms with E-state index in [9.17, 15) is 4.79 Å². The van der Waals surface area contributed by atoms with Crippen LogP contribution in [0.1, 0.15) is 19.8 Å². The second-order valence-electron chi connectivity index (χ2n) is 3.28. The van der Waals surface area contributed by atoms with E-state index >= 15 is 0 Å². The van der Waals surface area contributed by atoms with E-state index in [4.69, 9.17) is 5.11 Å². The van der Waals surface area contributed by atoms with Crippen LogP contribution in [-0.2, 0) is 6.54 Å². The Kier molecular flexibility index (Phi) is 3.70. The van der Waals surface area contributed by atoms with Crippen LogP contribution in [0.2, 0.25) is 0 Å². The molecule has 1 aromatic heterocycles. The lowest BCUT2D eigenvalue weighted by Gasteiger charge is -2.06. The first-order valence-electron chi connectivity index (χ1n) is 4.44. The minimum Gasteiger partial charge on any atom is -0.396 e. The molecular weight excluding hydrogens is 170 g/mol. The van der Waals surface area contributed by atoms with Gasteiger partial charge in [0.05, 0.1) is 0 Å². The number of nitrogens with one attached hydrogen (secondary N) is 1. The first kappa shape index (κ1) is 9.98. The smallest absolute Gasteiger partial charge is 0.343 e. The van der Waals surface area contributed by atoms with E-state index in [-0.39, 0.29) is 12.3 Å². The van der Waals surface area contributed by atoms with Crippen LogP contribution in [0.25, 0.3) is 0 Å². The predicted octanol–water partition coefficient (Wildman–Crippen LogP) is -0.0200. The van der Waals surface area contributed by atoms with E-state index in [1.165, 1.54) is 10.9 Å². The van der Waals surface area contributed by atoms with Crippen molar-refractivity contribution in [3.8, 4) is 0 Å². The van der Waals surface area contributed by atoms with Gasteiger partial charge in [-0.05, 0) is 18.8 Å². The molecule has 1 unspecified atom stereocenters. The fraction of sp³-hybridized carbons (Fsp3) is 0.750. The Morgan fingerprint density at radius 3 is 3.08 bits per heavy atom. The lowest BCUT2D eigenvalue weighted by atomic mass is 10.1. The standard InChI is InChI=1S/C8H15N3O2/c1-7(5-12)3-2-4-11-6-9-10-8(11)13/h6-7,12H,2-5H2,1H3,(H,10,13). The molecule has 2 N–H and O–H groups in total. The molecule has 0 bridgehead atoms. The van der Waals surface area contributed by atoms with Gasteiger partial charge in [-0.1, -0.05) is 6.92 Å². The summed E-state index contributed by atoms with van der Waals surface area (Å²) in [4.78, 5) is 11.0. The fourth-order valence-corrected chi connectivity index (χ4v) is 1.13. The second kappa shape index (κ2) is 4.81. The van der Waals surface area contributed by atoms with Crippen LogP contribution in [0.4, 0.5) is 0 Å². The van der Waals surface area contributed by atoms with E-state index in [1.54, 1.807) is 0 Å². The number of rotatable bonds is 5. The molecule has 1 heterocycles. The number of aliphatic hydroxyl groups excluding tert-OH is 1. The van der Waals surface area contributed by atoms with Gasteiger partial charge in [-0.15, -0.1) is 0 Å². The molecule has 74 valence electrons. The molecule has 0 amide bonds. The molecule has 0 aliphatic carbocycles. The summed E-state index contributed by atoms with van der Waals surface area (Å²) in [7, 11) is 0. The van der Waals surface area contributed by atoms with Crippen molar-refractivity contribution in [1.82, 2.24) is 14.8 Å². The van der Waals surface area contributed by atoms with Gasteiger partial charge in [0.1, 0.15) is 6.33 Å². The Labute approximate surface area is 76.4 Å². The van der Waals surface area contributed by atoms with Crippen molar-refractivity contribution in [3.63, 3.8) is 0 Å². The molecule has 1 aromatic rings. The molecule has 0 aromatic carbocycles. The molecule has 0 spiro atoms. The minimum atomic E-state index is -0.170. The van der Waals surface area contributed by atoms with Crippen LogP contribution in [0.15, 0.2) is 11.1 Å². The molecule has 0 aliphatic rings. The van der Waals surface area contributed by atoms with Gasteiger partial charge in [-0.3, -0.25) is 4.57 Å². The molecule has 0 fully saturated rings. The molecule has 1 rings (SSSR count). The zero-order chi connectivity index (χ0) is 9.68. The number of H-pyrrole nitrogens is 1. The highest BCUT2D eigenvalue weighted by Gasteiger charge is 2.01. The zero-order valence-corrected chi connectivity index (χ0v) is 7.73. The van der Waals surface area contributed by atoms with Gasteiger partial charge in [0.2, 0.25) is 0 Å². The molecule has 0 radical (unpaired) electrons. The number of nitrogens with zero attached hydrogens (tertiary/aromatic N) is 2. The van der Waals surface area contributed by atoms with Gasteiger partial charge in [0, 0.05) is 13.2 Å². The van der Waals surface area contributed by atoms with Gasteiger partial charge >= 0.3 is 5.69 Å². The van der Waals surface area contributed by atoms with Crippen LogP contribution >= 0.6 is 0 Å². The quantitative estimate of drug-likeness (QED) is 0.677. The van der Waals surface area contributed by atoms with Gasteiger partial charge in [0.15, 0.2) is 0 Å². The SMILES string of the molecule is CC(CO)CCCn1cn[nH]c1=O. The van der Waals surface area contributed by atoms with Crippen molar-refractivity contribution in [2.75, 3.05) is 6.61 Å². The summed E-state index contributed by atoms with van der Waals surface area (Å²) in [5, 5.41) is 14.7. The van der Waals surface area contributed by atoms with Crippen molar-refractivity contribution in [3.05, 3.63) is 16.8 Å². The molecule has 0 aliphatic heterocycles. The highest BCUT2D eigenvalue weighted by atomic mass is 16.3. The summed E-state index contributed by atoms with van der Waals surface area (Å²) in [5.74, 6) is 0.308. The van der Waals surface area contributed by atoms with Crippen molar-refractivity contribution in [2.45, 2.75) is 26.3 Å². The highest BCUT2D eigenvalue weighted by molar-refractivity contribution is 4.63. The zero-order valence-electron chi connectivity index (χ0n) is 7.73. The highest BCUT2D eigenvalue weighted by Crippen LogP contribution is 2.04. The molecule has 0 saturated heterocycles. The number of hydrogen-bond donors (Lipinski definition) is 2. The summed E-state index contributed by atoms with van der Waals surface area (Å²) >= 11 is 0. The number of aromatic nitrogens is 3. The first-order chi connectivity index (χ1) is 6.24. The summed E-state index contributed by atoms with van der Waals surface area (Å²) in [5.41, 5.74) is -0.170. The van der Waals surface area contributed by atoms with E-state index in [0.29, 0.717) is 12.5 Å². The van der Waals surface area contributed by atoms with Gasteiger partial charge in [-0.25, -0.2) is 9.89 Å². The van der Waals surface area contributed by atoms with Crippen molar-refractivity contribution in [2.24, 2.45) is 5.92 Å². The topological polar surface area (TPSA) is 70.9 Å². The van der Waals surface area contributed by atoms with Gasteiger partial charge < -0.3 is 5.11 Å². The maximum absolute atomic E-state index is 11.0.